The van der Waals surface area contributed by atoms with E-state index in [-0.39, 0.29) is 33.5 Å². The standard InChI is InChI=1S/C22H19Br2NO7S/c1-8-9(2)33-21-22(7-26)11(15(19(29)31-3)16(25(8)21)20(30)32-4)5-10-12(23)6-13(24)17(27)14(10)18(22)28/h6-7,11,21,27H,5H2,1-4H3/t11-,21?,22?/m1/s1. The molecule has 2 heterocycles. The third-order valence-electron chi connectivity index (χ3n) is 6.54. The van der Waals surface area contributed by atoms with E-state index in [1.54, 1.807) is 13.0 Å². The van der Waals surface area contributed by atoms with Crippen LogP contribution >= 0.6 is 43.6 Å². The number of hydrogen-bond donors (Lipinski definition) is 1. The Hall–Kier alpha value is -2.11. The van der Waals surface area contributed by atoms with Gasteiger partial charge in [0.15, 0.2) is 5.78 Å². The van der Waals surface area contributed by atoms with Crippen LogP contribution in [0.4, 0.5) is 0 Å². The summed E-state index contributed by atoms with van der Waals surface area (Å²) in [6.07, 6.45) is 0.583. The molecule has 1 N–H and O–H groups in total. The number of nitrogens with zero attached hydrogens (tertiary/aromatic N) is 1. The molecule has 0 spiro atoms. The second kappa shape index (κ2) is 8.28. The minimum atomic E-state index is -1.77. The van der Waals surface area contributed by atoms with Gasteiger partial charge >= 0.3 is 11.9 Å². The van der Waals surface area contributed by atoms with Crippen molar-refractivity contribution >= 4 is 67.6 Å². The summed E-state index contributed by atoms with van der Waals surface area (Å²) in [6.45, 7) is 3.55. The second-order valence-corrected chi connectivity index (χ2v) is 10.9. The van der Waals surface area contributed by atoms with Gasteiger partial charge < -0.3 is 24.3 Å². The van der Waals surface area contributed by atoms with E-state index in [0.717, 1.165) is 4.91 Å². The van der Waals surface area contributed by atoms with Crippen molar-refractivity contribution in [2.75, 3.05) is 14.2 Å². The Bertz CT molecular complexity index is 1210. The number of ketones is 1. The lowest BCUT2D eigenvalue weighted by Gasteiger charge is -2.51. The fourth-order valence-electron chi connectivity index (χ4n) is 4.86. The fourth-order valence-corrected chi connectivity index (χ4v) is 7.67. The predicted octanol–water partition coefficient (Wildman–Crippen LogP) is 3.70. The van der Waals surface area contributed by atoms with Crippen LogP contribution in [0.2, 0.25) is 0 Å². The molecule has 11 heteroatoms. The van der Waals surface area contributed by atoms with Gasteiger partial charge in [-0.3, -0.25) is 4.79 Å². The summed E-state index contributed by atoms with van der Waals surface area (Å²) in [5.74, 6) is -3.53. The molecule has 0 saturated heterocycles. The zero-order valence-corrected chi connectivity index (χ0v) is 22.0. The highest BCUT2D eigenvalue weighted by atomic mass is 79.9. The smallest absolute Gasteiger partial charge is 0.355 e. The minimum absolute atomic E-state index is 0.00749. The van der Waals surface area contributed by atoms with Gasteiger partial charge in [0.1, 0.15) is 28.5 Å². The van der Waals surface area contributed by atoms with Crippen molar-refractivity contribution in [2.45, 2.75) is 25.6 Å². The number of aromatic hydroxyl groups is 1. The van der Waals surface area contributed by atoms with Crippen molar-refractivity contribution in [1.29, 1.82) is 0 Å². The molecule has 1 aromatic carbocycles. The molecular weight excluding hydrogens is 582 g/mol. The van der Waals surface area contributed by atoms with E-state index >= 15 is 0 Å². The average molecular weight is 601 g/mol. The van der Waals surface area contributed by atoms with Gasteiger partial charge in [0, 0.05) is 21.0 Å². The summed E-state index contributed by atoms with van der Waals surface area (Å²) in [5, 5.41) is 9.92. The van der Waals surface area contributed by atoms with Crippen molar-refractivity contribution in [3.05, 3.63) is 48.0 Å². The van der Waals surface area contributed by atoms with Crippen LogP contribution in [0.15, 0.2) is 36.9 Å². The first-order valence-electron chi connectivity index (χ1n) is 9.81. The zero-order chi connectivity index (χ0) is 24.4. The number of Topliss-reactive ketones (excluding diaryl/α,β-unsaturated/α-hetero) is 1. The number of halogens is 2. The van der Waals surface area contributed by atoms with Crippen molar-refractivity contribution < 1.29 is 33.8 Å². The molecule has 2 aliphatic heterocycles. The first-order valence-corrected chi connectivity index (χ1v) is 12.3. The van der Waals surface area contributed by atoms with Crippen LogP contribution in [-0.4, -0.2) is 53.6 Å². The van der Waals surface area contributed by atoms with Crippen LogP contribution in [-0.2, 0) is 30.3 Å². The molecule has 0 radical (unpaired) electrons. The van der Waals surface area contributed by atoms with Crippen LogP contribution in [0.3, 0.4) is 0 Å². The Morgan fingerprint density at radius 3 is 2.42 bits per heavy atom. The van der Waals surface area contributed by atoms with Crippen molar-refractivity contribution in [3.8, 4) is 5.75 Å². The maximum atomic E-state index is 14.1. The van der Waals surface area contributed by atoms with E-state index in [1.807, 2.05) is 6.92 Å². The number of methoxy groups -OCH3 is 2. The molecule has 8 nitrogen and oxygen atoms in total. The van der Waals surface area contributed by atoms with Crippen molar-refractivity contribution in [1.82, 2.24) is 4.90 Å². The SMILES string of the molecule is COC(=O)C1=C(C(=O)OC)N2C(C)=C(C)SC2C2(C=O)C(=O)c3c(O)c(Br)cc(Br)c3C[C@H]12. The molecule has 2 unspecified atom stereocenters. The van der Waals surface area contributed by atoms with Crippen LogP contribution in [0.5, 0.6) is 5.75 Å². The molecule has 0 amide bonds. The maximum absolute atomic E-state index is 14.1. The lowest BCUT2D eigenvalue weighted by atomic mass is 9.59. The third-order valence-corrected chi connectivity index (χ3v) is 9.32. The van der Waals surface area contributed by atoms with E-state index in [0.29, 0.717) is 22.0 Å². The minimum Gasteiger partial charge on any atom is -0.506 e. The summed E-state index contributed by atoms with van der Waals surface area (Å²) in [4.78, 5) is 55.4. The van der Waals surface area contributed by atoms with Gasteiger partial charge in [-0.15, -0.1) is 11.8 Å². The Morgan fingerprint density at radius 2 is 1.85 bits per heavy atom. The van der Waals surface area contributed by atoms with Gasteiger partial charge in [-0.1, -0.05) is 15.9 Å². The maximum Gasteiger partial charge on any atom is 0.355 e. The number of esters is 2. The highest BCUT2D eigenvalue weighted by Crippen LogP contribution is 2.60. The number of ether oxygens (including phenoxy) is 2. The van der Waals surface area contributed by atoms with Crippen molar-refractivity contribution in [3.63, 3.8) is 0 Å². The number of hydrogen-bond acceptors (Lipinski definition) is 9. The number of fused-ring (bicyclic) bond motifs is 4. The number of aldehydes is 1. The van der Waals surface area contributed by atoms with Gasteiger partial charge in [-0.2, -0.15) is 0 Å². The quantitative estimate of drug-likeness (QED) is 0.315. The molecule has 0 bridgehead atoms. The Labute approximate surface area is 210 Å². The number of phenolic OH excluding ortho intramolecular Hbond substituents is 1. The summed E-state index contributed by atoms with van der Waals surface area (Å²) in [7, 11) is 2.37. The summed E-state index contributed by atoms with van der Waals surface area (Å²) < 4.78 is 10.8. The van der Waals surface area contributed by atoms with E-state index in [4.69, 9.17) is 9.47 Å². The third kappa shape index (κ3) is 3.08. The van der Waals surface area contributed by atoms with E-state index < -0.39 is 34.4 Å². The molecule has 4 rings (SSSR count). The van der Waals surface area contributed by atoms with Gasteiger partial charge in [0.25, 0.3) is 0 Å². The molecule has 1 aromatic rings. The number of rotatable bonds is 3. The highest BCUT2D eigenvalue weighted by molar-refractivity contribution is 9.11. The summed E-state index contributed by atoms with van der Waals surface area (Å²) in [6, 6.07) is 1.59. The average Bonchev–Trinajstić information content (AvgIpc) is 3.09. The first kappa shape index (κ1) is 24.0. The molecule has 174 valence electrons. The van der Waals surface area contributed by atoms with Crippen LogP contribution in [0.1, 0.15) is 29.8 Å². The van der Waals surface area contributed by atoms with Crippen LogP contribution in [0, 0.1) is 11.3 Å². The normalized spacial score (nSPS) is 26.0. The van der Waals surface area contributed by atoms with E-state index in [2.05, 4.69) is 31.9 Å². The number of allylic oxidation sites excluding steroid dienone is 2. The van der Waals surface area contributed by atoms with Gasteiger partial charge in [-0.05, 0) is 47.8 Å². The highest BCUT2D eigenvalue weighted by Gasteiger charge is 2.65. The molecule has 3 aliphatic rings. The molecule has 0 fully saturated rings. The van der Waals surface area contributed by atoms with E-state index in [1.165, 1.54) is 30.9 Å². The molecule has 33 heavy (non-hydrogen) atoms. The van der Waals surface area contributed by atoms with Crippen LogP contribution in [0.25, 0.3) is 0 Å². The number of thioether (sulfide) groups is 1. The molecule has 3 atom stereocenters. The Balaban J connectivity index is 2.14. The Kier molecular flexibility index (Phi) is 6.03. The summed E-state index contributed by atoms with van der Waals surface area (Å²) >= 11 is 7.95. The van der Waals surface area contributed by atoms with Crippen molar-refractivity contribution in [2.24, 2.45) is 11.3 Å². The topological polar surface area (TPSA) is 110 Å². The number of phenols is 1. The molecule has 1 aliphatic carbocycles. The zero-order valence-electron chi connectivity index (χ0n) is 18.0. The van der Waals surface area contributed by atoms with E-state index in [9.17, 15) is 24.3 Å². The largest absolute Gasteiger partial charge is 0.506 e. The number of benzene rings is 1. The van der Waals surface area contributed by atoms with Crippen LogP contribution < -0.4 is 0 Å². The second-order valence-electron chi connectivity index (χ2n) is 7.91. The van der Waals surface area contributed by atoms with Gasteiger partial charge in [-0.25, -0.2) is 9.59 Å². The lowest BCUT2D eigenvalue weighted by Crippen LogP contribution is -2.61. The predicted molar refractivity (Wildman–Crippen MR) is 126 cm³/mol. The molecule has 0 saturated carbocycles. The number of carbonyl (C=O) groups excluding carboxylic acids is 4. The molecular formula is C22H19Br2NO7S. The number of carbonyl (C=O) groups is 4. The van der Waals surface area contributed by atoms with Gasteiger partial charge in [0.05, 0.1) is 29.8 Å². The lowest BCUT2D eigenvalue weighted by molar-refractivity contribution is -0.143. The Morgan fingerprint density at radius 1 is 1.21 bits per heavy atom. The van der Waals surface area contributed by atoms with Gasteiger partial charge in [0.2, 0.25) is 0 Å². The first-order chi connectivity index (χ1) is 15.6. The fraction of sp³-hybridized carbons (Fsp3) is 0.364. The summed E-state index contributed by atoms with van der Waals surface area (Å²) in [5.41, 5.74) is -0.859. The molecule has 0 aromatic heterocycles. The monoisotopic (exact) mass is 599 g/mol.